The number of halogens is 2. The van der Waals surface area contributed by atoms with Crippen molar-refractivity contribution in [3.05, 3.63) is 34.6 Å². The third kappa shape index (κ3) is 2.04. The molecule has 1 fully saturated rings. The SMILES string of the molecule is Cc1cc(F)cc(C)c1C(Br)C1CC1(C)C. The molecule has 0 heterocycles. The zero-order valence-electron chi connectivity index (χ0n) is 10.3. The Morgan fingerprint density at radius 1 is 1.31 bits per heavy atom. The minimum atomic E-state index is -0.131. The Kier molecular flexibility index (Phi) is 2.90. The van der Waals surface area contributed by atoms with Gasteiger partial charge in [0.05, 0.1) is 0 Å². The molecule has 0 saturated heterocycles. The number of alkyl halides is 1. The molecule has 2 heteroatoms. The van der Waals surface area contributed by atoms with Gasteiger partial charge in [0.1, 0.15) is 5.82 Å². The maximum absolute atomic E-state index is 13.2. The number of benzene rings is 1. The lowest BCUT2D eigenvalue weighted by Gasteiger charge is -2.17. The van der Waals surface area contributed by atoms with Crippen LogP contribution in [0.3, 0.4) is 0 Å². The lowest BCUT2D eigenvalue weighted by molar-refractivity contribution is 0.552. The zero-order chi connectivity index (χ0) is 12.1. The molecule has 88 valence electrons. The van der Waals surface area contributed by atoms with Crippen LogP contribution in [0.2, 0.25) is 0 Å². The van der Waals surface area contributed by atoms with Crippen LogP contribution >= 0.6 is 15.9 Å². The van der Waals surface area contributed by atoms with E-state index >= 15 is 0 Å². The second-order valence-electron chi connectivity index (χ2n) is 5.65. The summed E-state index contributed by atoms with van der Waals surface area (Å²) < 4.78 is 13.2. The van der Waals surface area contributed by atoms with Crippen molar-refractivity contribution in [1.82, 2.24) is 0 Å². The molecule has 16 heavy (non-hydrogen) atoms. The van der Waals surface area contributed by atoms with Crippen LogP contribution in [-0.2, 0) is 0 Å². The Morgan fingerprint density at radius 2 is 1.75 bits per heavy atom. The fraction of sp³-hybridized carbons (Fsp3) is 0.571. The summed E-state index contributed by atoms with van der Waals surface area (Å²) in [6, 6.07) is 3.26. The smallest absolute Gasteiger partial charge is 0.123 e. The van der Waals surface area contributed by atoms with Crippen molar-refractivity contribution in [2.75, 3.05) is 0 Å². The van der Waals surface area contributed by atoms with E-state index in [9.17, 15) is 4.39 Å². The minimum Gasteiger partial charge on any atom is -0.207 e. The van der Waals surface area contributed by atoms with Crippen molar-refractivity contribution in [3.63, 3.8) is 0 Å². The summed E-state index contributed by atoms with van der Waals surface area (Å²) in [6.45, 7) is 8.57. The van der Waals surface area contributed by atoms with Crippen molar-refractivity contribution in [2.45, 2.75) is 38.9 Å². The molecule has 0 aromatic heterocycles. The highest BCUT2D eigenvalue weighted by Crippen LogP contribution is 2.61. The fourth-order valence-corrected chi connectivity index (χ4v) is 4.19. The van der Waals surface area contributed by atoms with E-state index in [2.05, 4.69) is 29.8 Å². The molecule has 0 amide bonds. The third-order valence-corrected chi connectivity index (χ3v) is 4.87. The molecule has 0 bridgehead atoms. The standard InChI is InChI=1S/C14H18BrF/c1-8-5-10(16)6-9(2)12(8)13(15)11-7-14(11,3)4/h5-6,11,13H,7H2,1-4H3. The summed E-state index contributed by atoms with van der Waals surface area (Å²) in [5, 5.41) is 0. The lowest BCUT2D eigenvalue weighted by atomic mass is 9.95. The molecule has 0 nitrogen and oxygen atoms in total. The fourth-order valence-electron chi connectivity index (χ4n) is 2.57. The van der Waals surface area contributed by atoms with Gasteiger partial charge < -0.3 is 0 Å². The van der Waals surface area contributed by atoms with Gasteiger partial charge in [0.2, 0.25) is 0 Å². The second kappa shape index (κ2) is 3.83. The lowest BCUT2D eigenvalue weighted by Crippen LogP contribution is -2.04. The van der Waals surface area contributed by atoms with Crippen LogP contribution in [0.25, 0.3) is 0 Å². The van der Waals surface area contributed by atoms with Crippen LogP contribution in [0, 0.1) is 31.0 Å². The van der Waals surface area contributed by atoms with Crippen molar-refractivity contribution in [1.29, 1.82) is 0 Å². The van der Waals surface area contributed by atoms with Gasteiger partial charge in [0.15, 0.2) is 0 Å². The molecule has 0 radical (unpaired) electrons. The van der Waals surface area contributed by atoms with Crippen molar-refractivity contribution in [2.24, 2.45) is 11.3 Å². The molecule has 2 unspecified atom stereocenters. The molecule has 2 atom stereocenters. The maximum Gasteiger partial charge on any atom is 0.123 e. The Hall–Kier alpha value is -0.370. The van der Waals surface area contributed by atoms with E-state index < -0.39 is 0 Å². The Balaban J connectivity index is 2.34. The van der Waals surface area contributed by atoms with Crippen LogP contribution in [0.5, 0.6) is 0 Å². The highest BCUT2D eigenvalue weighted by Gasteiger charge is 2.50. The topological polar surface area (TPSA) is 0 Å². The summed E-state index contributed by atoms with van der Waals surface area (Å²) in [6.07, 6.45) is 1.25. The Labute approximate surface area is 105 Å². The first kappa shape index (κ1) is 12.1. The predicted octanol–water partition coefficient (Wildman–Crippen LogP) is 4.92. The third-order valence-electron chi connectivity index (χ3n) is 3.78. The first-order chi connectivity index (χ1) is 7.33. The van der Waals surface area contributed by atoms with Crippen molar-refractivity contribution < 1.29 is 4.39 Å². The molecule has 0 spiro atoms. The summed E-state index contributed by atoms with van der Waals surface area (Å²) in [7, 11) is 0. The minimum absolute atomic E-state index is 0.131. The predicted molar refractivity (Wildman–Crippen MR) is 69.4 cm³/mol. The van der Waals surface area contributed by atoms with E-state index in [0.717, 1.165) is 11.1 Å². The van der Waals surface area contributed by atoms with Crippen LogP contribution in [0.4, 0.5) is 4.39 Å². The van der Waals surface area contributed by atoms with Gasteiger partial charge in [-0.05, 0) is 60.4 Å². The monoisotopic (exact) mass is 284 g/mol. The van der Waals surface area contributed by atoms with Gasteiger partial charge in [-0.1, -0.05) is 29.8 Å². The molecule has 1 aliphatic rings. The summed E-state index contributed by atoms with van der Waals surface area (Å²) >= 11 is 3.79. The highest BCUT2D eigenvalue weighted by atomic mass is 79.9. The van der Waals surface area contributed by atoms with Crippen molar-refractivity contribution in [3.8, 4) is 0 Å². The van der Waals surface area contributed by atoms with E-state index in [1.54, 1.807) is 12.1 Å². The zero-order valence-corrected chi connectivity index (χ0v) is 11.9. The molecular formula is C14H18BrF. The molecule has 1 saturated carbocycles. The largest absolute Gasteiger partial charge is 0.207 e. The van der Waals surface area contributed by atoms with Gasteiger partial charge in [0.25, 0.3) is 0 Å². The molecule has 1 aromatic carbocycles. The van der Waals surface area contributed by atoms with Gasteiger partial charge >= 0.3 is 0 Å². The second-order valence-corrected chi connectivity index (χ2v) is 6.64. The first-order valence-corrected chi connectivity index (χ1v) is 6.65. The van der Waals surface area contributed by atoms with E-state index in [4.69, 9.17) is 0 Å². The summed E-state index contributed by atoms with van der Waals surface area (Å²) in [4.78, 5) is 0.364. The average molecular weight is 285 g/mol. The van der Waals surface area contributed by atoms with Gasteiger partial charge in [-0.15, -0.1) is 0 Å². The summed E-state index contributed by atoms with van der Waals surface area (Å²) in [5.41, 5.74) is 3.82. The molecular weight excluding hydrogens is 267 g/mol. The Bertz CT molecular complexity index is 400. The van der Waals surface area contributed by atoms with Crippen LogP contribution in [0.15, 0.2) is 12.1 Å². The quantitative estimate of drug-likeness (QED) is 0.676. The molecule has 1 aliphatic carbocycles. The maximum atomic E-state index is 13.2. The molecule has 1 aromatic rings. The van der Waals surface area contributed by atoms with E-state index in [0.29, 0.717) is 16.2 Å². The average Bonchev–Trinajstić information content (AvgIpc) is 2.73. The number of hydrogen-bond donors (Lipinski definition) is 0. The van der Waals surface area contributed by atoms with Gasteiger partial charge in [-0.25, -0.2) is 4.39 Å². The molecule has 0 N–H and O–H groups in total. The first-order valence-electron chi connectivity index (χ1n) is 5.73. The van der Waals surface area contributed by atoms with Crippen LogP contribution in [0.1, 0.15) is 41.8 Å². The van der Waals surface area contributed by atoms with Gasteiger partial charge in [-0.3, -0.25) is 0 Å². The number of rotatable bonds is 2. The van der Waals surface area contributed by atoms with Crippen LogP contribution < -0.4 is 0 Å². The normalized spacial score (nSPS) is 24.2. The van der Waals surface area contributed by atoms with Crippen molar-refractivity contribution >= 4 is 15.9 Å². The van der Waals surface area contributed by atoms with E-state index in [1.807, 2.05) is 13.8 Å². The number of aryl methyl sites for hydroxylation is 2. The Morgan fingerprint density at radius 3 is 2.12 bits per heavy atom. The van der Waals surface area contributed by atoms with Gasteiger partial charge in [0, 0.05) is 4.83 Å². The molecule has 2 rings (SSSR count). The van der Waals surface area contributed by atoms with Crippen LogP contribution in [-0.4, -0.2) is 0 Å². The highest BCUT2D eigenvalue weighted by molar-refractivity contribution is 9.09. The molecule has 0 aliphatic heterocycles. The summed E-state index contributed by atoms with van der Waals surface area (Å²) in [5.74, 6) is 0.545. The van der Waals surface area contributed by atoms with E-state index in [1.165, 1.54) is 12.0 Å². The number of hydrogen-bond acceptors (Lipinski definition) is 0. The van der Waals surface area contributed by atoms with E-state index in [-0.39, 0.29) is 5.82 Å². The van der Waals surface area contributed by atoms with Gasteiger partial charge in [-0.2, -0.15) is 0 Å².